The lowest BCUT2D eigenvalue weighted by molar-refractivity contribution is 0.641. The molecule has 0 aromatic carbocycles. The van der Waals surface area contributed by atoms with Gasteiger partial charge in [-0.3, -0.25) is 0 Å². The molecule has 0 aliphatic heterocycles. The summed E-state index contributed by atoms with van der Waals surface area (Å²) in [5, 5.41) is -0.143. The summed E-state index contributed by atoms with van der Waals surface area (Å²) < 4.78 is 0. The van der Waals surface area contributed by atoms with Crippen molar-refractivity contribution in [3.8, 4) is 0 Å². The Morgan fingerprint density at radius 3 is 0.824 bits per heavy atom. The van der Waals surface area contributed by atoms with Gasteiger partial charge in [-0.05, 0) is 15.1 Å². The molecule has 17 heavy (non-hydrogen) atoms. The second-order valence-electron chi connectivity index (χ2n) is 7.98. The van der Waals surface area contributed by atoms with Gasteiger partial charge >= 0.3 is 0 Å². The number of rotatable bonds is 1. The molecule has 5 heteroatoms. The van der Waals surface area contributed by atoms with E-state index in [0.717, 1.165) is 0 Å². The largest absolute Gasteiger partial charge is 0.262 e. The molecule has 0 aromatic rings. The Labute approximate surface area is 123 Å². The molecule has 0 saturated carbocycles. The Kier molecular flexibility index (Phi) is 5.05. The first kappa shape index (κ1) is 18.3. The van der Waals surface area contributed by atoms with E-state index < -0.39 is 13.1 Å². The van der Waals surface area contributed by atoms with Crippen LogP contribution in [-0.4, -0.2) is 13.1 Å². The molecule has 0 aliphatic rings. The van der Waals surface area contributed by atoms with Crippen LogP contribution in [0.4, 0.5) is 0 Å². The highest BCUT2D eigenvalue weighted by atomic mass is 35.7. The van der Waals surface area contributed by atoms with Crippen LogP contribution in [0.2, 0.25) is 15.1 Å². The zero-order valence-corrected chi connectivity index (χ0v) is 16.9. The molecule has 0 fully saturated rings. The van der Waals surface area contributed by atoms with E-state index in [2.05, 4.69) is 62.3 Å². The van der Waals surface area contributed by atoms with E-state index in [9.17, 15) is 0 Å². The van der Waals surface area contributed by atoms with Gasteiger partial charge in [0.15, 0.2) is 6.90 Å². The van der Waals surface area contributed by atoms with E-state index in [4.69, 9.17) is 33.2 Å². The van der Waals surface area contributed by atoms with Crippen molar-refractivity contribution in [1.82, 2.24) is 0 Å². The van der Waals surface area contributed by atoms with Gasteiger partial charge in [-0.1, -0.05) is 62.3 Å². The lowest BCUT2D eigenvalue weighted by Gasteiger charge is -2.55. The van der Waals surface area contributed by atoms with Crippen LogP contribution in [0.1, 0.15) is 62.3 Å². The molecule has 0 N–H and O–H groups in total. The second kappa shape index (κ2) is 4.69. The van der Waals surface area contributed by atoms with Gasteiger partial charge < -0.3 is 0 Å². The molecule has 104 valence electrons. The molecule has 0 atom stereocenters. The highest BCUT2D eigenvalue weighted by molar-refractivity contribution is 7.85. The molecule has 0 spiro atoms. The van der Waals surface area contributed by atoms with Gasteiger partial charge in [0.1, 0.15) is 0 Å². The highest BCUT2D eigenvalue weighted by Crippen LogP contribution is 2.65. The maximum Gasteiger partial charge on any atom is 0.262 e. The van der Waals surface area contributed by atoms with Gasteiger partial charge in [0.05, 0.1) is 0 Å². The van der Waals surface area contributed by atoms with Gasteiger partial charge in [-0.2, -0.15) is 11.1 Å². The van der Waals surface area contributed by atoms with E-state index in [0.29, 0.717) is 0 Å². The zero-order chi connectivity index (χ0) is 14.5. The van der Waals surface area contributed by atoms with Crippen molar-refractivity contribution >= 4 is 46.3 Å². The lowest BCUT2D eigenvalue weighted by atomic mass is 10.2. The summed E-state index contributed by atoms with van der Waals surface area (Å²) in [6.45, 7) is 17.1. The number of hydrogen-bond donors (Lipinski definition) is 0. The first-order valence-corrected chi connectivity index (χ1v) is 14.1. The fourth-order valence-electron chi connectivity index (χ4n) is 2.58. The summed E-state index contributed by atoms with van der Waals surface area (Å²) >= 11 is 21.1. The molecule has 0 radical (unpaired) electrons. The molecule has 0 bridgehead atoms. The smallest absolute Gasteiger partial charge is 0.166 e. The van der Waals surface area contributed by atoms with Crippen molar-refractivity contribution in [2.75, 3.05) is 0 Å². The van der Waals surface area contributed by atoms with E-state index >= 15 is 0 Å². The van der Waals surface area contributed by atoms with Gasteiger partial charge in [-0.25, -0.2) is 0 Å². The molecule has 0 aliphatic carbocycles. The zero-order valence-electron chi connectivity index (χ0n) is 12.6. The minimum absolute atomic E-state index is 0.0180. The lowest BCUT2D eigenvalue weighted by Crippen LogP contribution is -2.66. The predicted molar refractivity (Wildman–Crippen MR) is 88.2 cm³/mol. The Bertz CT molecular complexity index is 266. The number of halogens is 3. The van der Waals surface area contributed by atoms with Crippen molar-refractivity contribution in [1.29, 1.82) is 0 Å². The molecular weight excluding hydrogens is 307 g/mol. The van der Waals surface area contributed by atoms with E-state index in [1.165, 1.54) is 0 Å². The summed E-state index contributed by atoms with van der Waals surface area (Å²) in [5.41, 5.74) is 0. The first-order valence-electron chi connectivity index (χ1n) is 6.07. The van der Waals surface area contributed by atoms with Gasteiger partial charge in [-0.15, -0.1) is 22.2 Å². The molecule has 0 unspecified atom stereocenters. The topological polar surface area (TPSA) is 0 Å². The molecular formula is C12H27Cl3Si2. The number of hydrogen-bond acceptors (Lipinski definition) is 0. The molecule has 0 amide bonds. The van der Waals surface area contributed by atoms with Gasteiger partial charge in [0.2, 0.25) is 0 Å². The monoisotopic (exact) mass is 332 g/mol. The molecule has 0 saturated heterocycles. The molecule has 0 rings (SSSR count). The maximum absolute atomic E-state index is 7.20. The van der Waals surface area contributed by atoms with Crippen LogP contribution < -0.4 is 0 Å². The SMILES string of the molecule is CC(C)(C)[Si](Cl)(Cl)[Si](Cl)(C(C)(C)C)C(C)(C)C. The minimum Gasteiger partial charge on any atom is -0.166 e. The fraction of sp³-hybridized carbons (Fsp3) is 1.00. The van der Waals surface area contributed by atoms with Crippen molar-refractivity contribution in [2.45, 2.75) is 77.4 Å². The molecule has 0 nitrogen and oxygen atoms in total. The second-order valence-corrected chi connectivity index (χ2v) is 28.0. The van der Waals surface area contributed by atoms with E-state index in [-0.39, 0.29) is 15.1 Å². The summed E-state index contributed by atoms with van der Waals surface area (Å²) in [6, 6.07) is 0. The summed E-state index contributed by atoms with van der Waals surface area (Å²) in [5.74, 6) is 0. The molecule has 0 heterocycles. The average Bonchev–Trinajstić information content (AvgIpc) is 1.95. The Balaban J connectivity index is 6.04. The third-order valence-corrected chi connectivity index (χ3v) is 35.9. The van der Waals surface area contributed by atoms with Crippen molar-refractivity contribution in [2.24, 2.45) is 0 Å². The maximum atomic E-state index is 7.20. The third-order valence-electron chi connectivity index (χ3n) is 3.44. The van der Waals surface area contributed by atoms with Crippen LogP contribution in [0.5, 0.6) is 0 Å². The molecule has 0 aromatic heterocycles. The predicted octanol–water partition coefficient (Wildman–Crippen LogP) is 6.57. The third kappa shape index (κ3) is 2.91. The Morgan fingerprint density at radius 2 is 0.765 bits per heavy atom. The highest BCUT2D eigenvalue weighted by Gasteiger charge is 2.70. The van der Waals surface area contributed by atoms with Crippen molar-refractivity contribution in [3.63, 3.8) is 0 Å². The standard InChI is InChI=1S/C12H27Cl3Si2/c1-10(2,3)16(13,11(4,5)6)17(14,15)12(7,8)9/h1-9H3. The fourth-order valence-corrected chi connectivity index (χ4v) is 29.3. The van der Waals surface area contributed by atoms with Crippen LogP contribution in [0.25, 0.3) is 0 Å². The van der Waals surface area contributed by atoms with Crippen LogP contribution in [0.15, 0.2) is 0 Å². The Morgan fingerprint density at radius 1 is 0.529 bits per heavy atom. The van der Waals surface area contributed by atoms with Gasteiger partial charge in [0, 0.05) is 0 Å². The summed E-state index contributed by atoms with van der Waals surface area (Å²) in [4.78, 5) is 0. The van der Waals surface area contributed by atoms with Crippen LogP contribution in [-0.2, 0) is 0 Å². The summed E-state index contributed by atoms with van der Waals surface area (Å²) in [6.07, 6.45) is -2.58. The Hall–Kier alpha value is 1.30. The first-order chi connectivity index (χ1) is 7.00. The summed E-state index contributed by atoms with van der Waals surface area (Å²) in [7, 11) is 0. The average molecular weight is 334 g/mol. The van der Waals surface area contributed by atoms with Crippen molar-refractivity contribution < 1.29 is 0 Å². The van der Waals surface area contributed by atoms with Crippen LogP contribution in [0.3, 0.4) is 0 Å². The normalized spacial score (nSPS) is 16.2. The van der Waals surface area contributed by atoms with Crippen LogP contribution in [0, 0.1) is 0 Å². The van der Waals surface area contributed by atoms with Crippen LogP contribution >= 0.6 is 33.2 Å². The van der Waals surface area contributed by atoms with Crippen molar-refractivity contribution in [3.05, 3.63) is 0 Å². The quantitative estimate of drug-likeness (QED) is 0.376. The van der Waals surface area contributed by atoms with E-state index in [1.807, 2.05) is 0 Å². The minimum atomic E-state index is -2.58. The van der Waals surface area contributed by atoms with Gasteiger partial charge in [0.25, 0.3) is 6.21 Å². The van der Waals surface area contributed by atoms with E-state index in [1.54, 1.807) is 0 Å².